The van der Waals surface area contributed by atoms with Gasteiger partial charge in [-0.1, -0.05) is 23.2 Å². The van der Waals surface area contributed by atoms with Crippen molar-refractivity contribution in [3.05, 3.63) is 63.6 Å². The first-order valence-electron chi connectivity index (χ1n) is 5.15. The number of ketones is 1. The second-order valence-corrected chi connectivity index (χ2v) is 4.53. The fourth-order valence-corrected chi connectivity index (χ4v) is 1.81. The number of hydrogen-bond donors (Lipinski definition) is 0. The standard InChI is InChI=1S/C13H8Cl2FNO/c14-10-2-1-9(7-11(10)15)12(18)5-8-3-4-17-13(16)6-8/h1-4,6-7H,5H2. The maximum Gasteiger partial charge on any atom is 0.213 e. The van der Waals surface area contributed by atoms with Crippen molar-refractivity contribution in [2.75, 3.05) is 0 Å². The van der Waals surface area contributed by atoms with Crippen LogP contribution in [0.4, 0.5) is 4.39 Å². The zero-order chi connectivity index (χ0) is 13.1. The number of aromatic nitrogens is 1. The molecule has 0 fully saturated rings. The third kappa shape index (κ3) is 3.06. The Morgan fingerprint density at radius 3 is 2.61 bits per heavy atom. The van der Waals surface area contributed by atoms with E-state index < -0.39 is 5.95 Å². The minimum atomic E-state index is -0.602. The molecule has 0 unspecified atom stereocenters. The van der Waals surface area contributed by atoms with Crippen LogP contribution in [0, 0.1) is 5.95 Å². The highest BCUT2D eigenvalue weighted by molar-refractivity contribution is 6.42. The van der Waals surface area contributed by atoms with Gasteiger partial charge < -0.3 is 0 Å². The van der Waals surface area contributed by atoms with Crippen LogP contribution in [-0.4, -0.2) is 10.8 Å². The molecule has 5 heteroatoms. The lowest BCUT2D eigenvalue weighted by molar-refractivity contribution is 0.0993. The highest BCUT2D eigenvalue weighted by Gasteiger charge is 2.09. The van der Waals surface area contributed by atoms with Crippen molar-refractivity contribution < 1.29 is 9.18 Å². The Balaban J connectivity index is 2.19. The normalized spacial score (nSPS) is 10.4. The van der Waals surface area contributed by atoms with Crippen molar-refractivity contribution in [1.82, 2.24) is 4.98 Å². The number of pyridine rings is 1. The summed E-state index contributed by atoms with van der Waals surface area (Å²) in [6.07, 6.45) is 1.42. The molecule has 0 radical (unpaired) electrons. The summed E-state index contributed by atoms with van der Waals surface area (Å²) in [7, 11) is 0. The van der Waals surface area contributed by atoms with E-state index in [2.05, 4.69) is 4.98 Å². The molecule has 0 N–H and O–H groups in total. The van der Waals surface area contributed by atoms with E-state index in [-0.39, 0.29) is 12.2 Å². The van der Waals surface area contributed by atoms with Gasteiger partial charge in [-0.15, -0.1) is 0 Å². The van der Waals surface area contributed by atoms with Crippen LogP contribution in [0.2, 0.25) is 10.0 Å². The van der Waals surface area contributed by atoms with Gasteiger partial charge in [-0.3, -0.25) is 4.79 Å². The van der Waals surface area contributed by atoms with Gasteiger partial charge in [0.1, 0.15) is 0 Å². The first kappa shape index (κ1) is 13.0. The molecule has 0 aliphatic carbocycles. The molecule has 1 heterocycles. The third-order valence-corrected chi connectivity index (χ3v) is 3.14. The summed E-state index contributed by atoms with van der Waals surface area (Å²) >= 11 is 11.6. The predicted octanol–water partition coefficient (Wildman–Crippen LogP) is 3.95. The molecule has 0 bridgehead atoms. The molecule has 0 aliphatic rings. The molecule has 1 aromatic carbocycles. The summed E-state index contributed by atoms with van der Waals surface area (Å²) in [5.74, 6) is -0.756. The molecule has 18 heavy (non-hydrogen) atoms. The summed E-state index contributed by atoms with van der Waals surface area (Å²) in [4.78, 5) is 15.4. The molecule has 0 saturated carbocycles. The van der Waals surface area contributed by atoms with Crippen LogP contribution >= 0.6 is 23.2 Å². The summed E-state index contributed by atoms with van der Waals surface area (Å²) in [6, 6.07) is 7.48. The second kappa shape index (κ2) is 5.46. The molecule has 1 aromatic heterocycles. The molecular formula is C13H8Cl2FNO. The van der Waals surface area contributed by atoms with Gasteiger partial charge in [-0.25, -0.2) is 4.98 Å². The minimum absolute atomic E-state index is 0.0946. The number of nitrogens with zero attached hydrogens (tertiary/aromatic N) is 1. The molecule has 0 atom stereocenters. The number of halogens is 3. The van der Waals surface area contributed by atoms with Crippen LogP contribution in [0.15, 0.2) is 36.5 Å². The van der Waals surface area contributed by atoms with Gasteiger partial charge in [0, 0.05) is 18.2 Å². The fourth-order valence-electron chi connectivity index (χ4n) is 1.51. The van der Waals surface area contributed by atoms with Crippen LogP contribution < -0.4 is 0 Å². The van der Waals surface area contributed by atoms with Crippen LogP contribution in [-0.2, 0) is 6.42 Å². The maximum absolute atomic E-state index is 12.9. The summed E-state index contributed by atoms with van der Waals surface area (Å²) in [5, 5.41) is 0.714. The summed E-state index contributed by atoms with van der Waals surface area (Å²) in [6.45, 7) is 0. The van der Waals surface area contributed by atoms with Crippen molar-refractivity contribution in [3.8, 4) is 0 Å². The number of benzene rings is 1. The predicted molar refractivity (Wildman–Crippen MR) is 68.7 cm³/mol. The highest BCUT2D eigenvalue weighted by Crippen LogP contribution is 2.23. The van der Waals surface area contributed by atoms with Gasteiger partial charge >= 0.3 is 0 Å². The minimum Gasteiger partial charge on any atom is -0.294 e. The molecule has 0 spiro atoms. The summed E-state index contributed by atoms with van der Waals surface area (Å²) in [5.41, 5.74) is 1.01. The third-order valence-electron chi connectivity index (χ3n) is 2.40. The number of carbonyl (C=O) groups excluding carboxylic acids is 1. The van der Waals surface area contributed by atoms with Gasteiger partial charge in [0.2, 0.25) is 5.95 Å². The molecule has 92 valence electrons. The molecule has 2 nitrogen and oxygen atoms in total. The van der Waals surface area contributed by atoms with Crippen molar-refractivity contribution in [2.45, 2.75) is 6.42 Å². The Morgan fingerprint density at radius 2 is 1.94 bits per heavy atom. The Morgan fingerprint density at radius 1 is 1.17 bits per heavy atom. The van der Waals surface area contributed by atoms with Gasteiger partial charge in [-0.05, 0) is 35.9 Å². The van der Waals surface area contributed by atoms with Crippen molar-refractivity contribution in [2.24, 2.45) is 0 Å². The van der Waals surface area contributed by atoms with Gasteiger partial charge in [-0.2, -0.15) is 4.39 Å². The average molecular weight is 284 g/mol. The topological polar surface area (TPSA) is 30.0 Å². The largest absolute Gasteiger partial charge is 0.294 e. The highest BCUT2D eigenvalue weighted by atomic mass is 35.5. The first-order chi connectivity index (χ1) is 8.56. The van der Waals surface area contributed by atoms with Gasteiger partial charge in [0.05, 0.1) is 10.0 Å². The Labute approximate surface area is 113 Å². The number of carbonyl (C=O) groups is 1. The van der Waals surface area contributed by atoms with Crippen molar-refractivity contribution in [3.63, 3.8) is 0 Å². The number of hydrogen-bond acceptors (Lipinski definition) is 2. The Hall–Kier alpha value is -1.45. The summed E-state index contributed by atoms with van der Waals surface area (Å²) < 4.78 is 12.9. The van der Waals surface area contributed by atoms with Crippen LogP contribution in [0.25, 0.3) is 0 Å². The van der Waals surface area contributed by atoms with E-state index >= 15 is 0 Å². The quantitative estimate of drug-likeness (QED) is 0.631. The van der Waals surface area contributed by atoms with E-state index in [1.807, 2.05) is 0 Å². The van der Waals surface area contributed by atoms with E-state index in [0.29, 0.717) is 21.2 Å². The molecule has 0 amide bonds. The molecule has 2 rings (SSSR count). The average Bonchev–Trinajstić information content (AvgIpc) is 2.32. The Bertz CT molecular complexity index is 601. The van der Waals surface area contributed by atoms with E-state index in [4.69, 9.17) is 23.2 Å². The first-order valence-corrected chi connectivity index (χ1v) is 5.90. The molecular weight excluding hydrogens is 276 g/mol. The van der Waals surface area contributed by atoms with Gasteiger partial charge in [0.25, 0.3) is 0 Å². The van der Waals surface area contributed by atoms with E-state index in [1.54, 1.807) is 18.2 Å². The van der Waals surface area contributed by atoms with E-state index in [1.165, 1.54) is 18.3 Å². The number of Topliss-reactive ketones (excluding diaryl/α,β-unsaturated/α-hetero) is 1. The zero-order valence-corrected chi connectivity index (χ0v) is 10.7. The monoisotopic (exact) mass is 283 g/mol. The lowest BCUT2D eigenvalue weighted by Gasteiger charge is -2.03. The Kier molecular flexibility index (Phi) is 3.94. The fraction of sp³-hybridized carbons (Fsp3) is 0.0769. The van der Waals surface area contributed by atoms with Crippen molar-refractivity contribution >= 4 is 29.0 Å². The van der Waals surface area contributed by atoms with E-state index in [9.17, 15) is 9.18 Å². The zero-order valence-electron chi connectivity index (χ0n) is 9.16. The SMILES string of the molecule is O=C(Cc1ccnc(F)c1)c1ccc(Cl)c(Cl)c1. The van der Waals surface area contributed by atoms with Gasteiger partial charge in [0.15, 0.2) is 5.78 Å². The van der Waals surface area contributed by atoms with Crippen LogP contribution in [0.1, 0.15) is 15.9 Å². The lowest BCUT2D eigenvalue weighted by atomic mass is 10.0. The lowest BCUT2D eigenvalue weighted by Crippen LogP contribution is -2.04. The number of rotatable bonds is 3. The molecule has 0 aliphatic heterocycles. The molecule has 0 saturated heterocycles. The van der Waals surface area contributed by atoms with Crippen LogP contribution in [0.3, 0.4) is 0 Å². The molecule has 2 aromatic rings. The maximum atomic E-state index is 12.9. The van der Waals surface area contributed by atoms with Crippen molar-refractivity contribution in [1.29, 1.82) is 0 Å². The van der Waals surface area contributed by atoms with E-state index in [0.717, 1.165) is 0 Å². The van der Waals surface area contributed by atoms with Crippen LogP contribution in [0.5, 0.6) is 0 Å². The second-order valence-electron chi connectivity index (χ2n) is 3.72. The smallest absolute Gasteiger partial charge is 0.213 e.